The molecule has 8 heteroatoms. The Morgan fingerprint density at radius 3 is 2.48 bits per heavy atom. The van der Waals surface area contributed by atoms with Gasteiger partial charge in [0.15, 0.2) is 9.84 Å². The number of hydrogen-bond donors (Lipinski definition) is 1. The molecular formula is C23H24FN3O3S. The third kappa shape index (κ3) is 6.36. The summed E-state index contributed by atoms with van der Waals surface area (Å²) in [5.41, 5.74) is 3.49. The van der Waals surface area contributed by atoms with Gasteiger partial charge in [-0.2, -0.15) is 0 Å². The maximum absolute atomic E-state index is 13.6. The molecule has 0 spiro atoms. The minimum atomic E-state index is -3.39. The van der Waals surface area contributed by atoms with Gasteiger partial charge in [-0.25, -0.2) is 17.6 Å². The minimum absolute atomic E-state index is 0.214. The molecule has 1 heterocycles. The first-order chi connectivity index (χ1) is 14.7. The molecule has 2 aromatic carbocycles. The number of nitrogens with zero attached hydrogens (tertiary/aromatic N) is 2. The summed E-state index contributed by atoms with van der Waals surface area (Å²) in [6.45, 7) is 2.66. The first kappa shape index (κ1) is 22.4. The number of hydrogen-bond acceptors (Lipinski definition) is 4. The molecule has 0 aliphatic heterocycles. The average molecular weight is 442 g/mol. The molecule has 1 N–H and O–H groups in total. The van der Waals surface area contributed by atoms with Gasteiger partial charge in [0.05, 0.1) is 5.75 Å². The van der Waals surface area contributed by atoms with Crippen molar-refractivity contribution in [2.75, 3.05) is 18.1 Å². The number of carbonyl (C=O) groups is 1. The molecule has 0 saturated heterocycles. The molecule has 2 amide bonds. The molecule has 0 atom stereocenters. The Balaban J connectivity index is 1.78. The maximum Gasteiger partial charge on any atom is 0.322 e. The van der Waals surface area contributed by atoms with Crippen molar-refractivity contribution in [2.45, 2.75) is 19.2 Å². The van der Waals surface area contributed by atoms with Crippen LogP contribution in [0.15, 0.2) is 67.0 Å². The van der Waals surface area contributed by atoms with Gasteiger partial charge in [0.2, 0.25) is 0 Å². The van der Waals surface area contributed by atoms with Gasteiger partial charge in [0.1, 0.15) is 5.82 Å². The summed E-state index contributed by atoms with van der Waals surface area (Å²) in [6.07, 6.45) is 4.52. The Morgan fingerprint density at radius 2 is 1.81 bits per heavy atom. The molecule has 6 nitrogen and oxygen atoms in total. The number of pyridine rings is 1. The number of anilines is 1. The maximum atomic E-state index is 13.6. The van der Waals surface area contributed by atoms with Crippen molar-refractivity contribution in [3.8, 4) is 11.1 Å². The quantitative estimate of drug-likeness (QED) is 0.586. The number of sulfone groups is 1. The van der Waals surface area contributed by atoms with Crippen LogP contribution in [0.3, 0.4) is 0 Å². The van der Waals surface area contributed by atoms with E-state index in [0.717, 1.165) is 29.0 Å². The topological polar surface area (TPSA) is 79.4 Å². The standard InChI is InChI=1S/C23H24FN3O3S/c1-3-27(15-17-5-4-6-19(13-17)18-9-11-25-12-10-18)23(28)26-22-8-7-21(24)14-20(22)16-31(2,29)30/h4-14H,3,15-16H2,1-2H3,(H,26,28). The van der Waals surface area contributed by atoms with E-state index < -0.39 is 21.7 Å². The Labute approximate surface area is 181 Å². The number of nitrogens with one attached hydrogen (secondary N) is 1. The summed E-state index contributed by atoms with van der Waals surface area (Å²) in [5, 5.41) is 2.73. The molecule has 3 aromatic rings. The van der Waals surface area contributed by atoms with Crippen LogP contribution < -0.4 is 5.32 Å². The van der Waals surface area contributed by atoms with Crippen molar-refractivity contribution >= 4 is 21.6 Å². The van der Waals surface area contributed by atoms with Crippen LogP contribution in [0.1, 0.15) is 18.1 Å². The highest BCUT2D eigenvalue weighted by atomic mass is 32.2. The third-order valence-electron chi connectivity index (χ3n) is 4.71. The van der Waals surface area contributed by atoms with Gasteiger partial charge in [-0.15, -0.1) is 0 Å². The second kappa shape index (κ2) is 9.70. The fourth-order valence-corrected chi connectivity index (χ4v) is 4.03. The zero-order chi connectivity index (χ0) is 22.4. The summed E-state index contributed by atoms with van der Waals surface area (Å²) in [4.78, 5) is 18.5. The Kier molecular flexibility index (Phi) is 7.02. The monoisotopic (exact) mass is 441 g/mol. The molecule has 31 heavy (non-hydrogen) atoms. The molecule has 0 aliphatic rings. The van der Waals surface area contributed by atoms with Crippen molar-refractivity contribution in [3.05, 3.63) is 83.9 Å². The summed E-state index contributed by atoms with van der Waals surface area (Å²) in [7, 11) is -3.39. The summed E-state index contributed by atoms with van der Waals surface area (Å²) < 4.78 is 37.0. The highest BCUT2D eigenvalue weighted by Crippen LogP contribution is 2.22. The SMILES string of the molecule is CCN(Cc1cccc(-c2ccncc2)c1)C(=O)Nc1ccc(F)cc1CS(C)(=O)=O. The van der Waals surface area contributed by atoms with Crippen LogP contribution in [0.4, 0.5) is 14.9 Å². The van der Waals surface area contributed by atoms with E-state index >= 15 is 0 Å². The van der Waals surface area contributed by atoms with Crippen LogP contribution in [0.25, 0.3) is 11.1 Å². The molecular weight excluding hydrogens is 417 g/mol. The van der Waals surface area contributed by atoms with E-state index in [1.807, 2.05) is 43.3 Å². The zero-order valence-corrected chi connectivity index (χ0v) is 18.2. The lowest BCUT2D eigenvalue weighted by Crippen LogP contribution is -2.34. The van der Waals surface area contributed by atoms with Gasteiger partial charge in [0, 0.05) is 37.4 Å². The van der Waals surface area contributed by atoms with E-state index in [-0.39, 0.29) is 17.0 Å². The molecule has 0 unspecified atom stereocenters. The van der Waals surface area contributed by atoms with Crippen molar-refractivity contribution in [1.29, 1.82) is 0 Å². The van der Waals surface area contributed by atoms with Gasteiger partial charge in [-0.05, 0) is 65.6 Å². The molecule has 0 radical (unpaired) electrons. The van der Waals surface area contributed by atoms with E-state index in [0.29, 0.717) is 13.1 Å². The molecule has 0 saturated carbocycles. The molecule has 162 valence electrons. The van der Waals surface area contributed by atoms with Crippen LogP contribution in [-0.2, 0) is 22.1 Å². The first-order valence-electron chi connectivity index (χ1n) is 9.76. The molecule has 0 aliphatic carbocycles. The van der Waals surface area contributed by atoms with Crippen molar-refractivity contribution in [3.63, 3.8) is 0 Å². The van der Waals surface area contributed by atoms with E-state index in [9.17, 15) is 17.6 Å². The number of aromatic nitrogens is 1. The fraction of sp³-hybridized carbons (Fsp3) is 0.217. The van der Waals surface area contributed by atoms with Crippen LogP contribution in [0.2, 0.25) is 0 Å². The predicted octanol–water partition coefficient (Wildman–Crippen LogP) is 4.49. The van der Waals surface area contributed by atoms with Gasteiger partial charge in [-0.1, -0.05) is 18.2 Å². The summed E-state index contributed by atoms with van der Waals surface area (Å²) in [6, 6.07) is 15.0. The average Bonchev–Trinajstić information content (AvgIpc) is 2.73. The van der Waals surface area contributed by atoms with Crippen molar-refractivity contribution < 1.29 is 17.6 Å². The molecule has 0 fully saturated rings. The Bertz CT molecular complexity index is 1170. The zero-order valence-electron chi connectivity index (χ0n) is 17.4. The highest BCUT2D eigenvalue weighted by molar-refractivity contribution is 7.89. The lowest BCUT2D eigenvalue weighted by Gasteiger charge is -2.23. The summed E-state index contributed by atoms with van der Waals surface area (Å²) in [5.74, 6) is -0.919. The Hall–Kier alpha value is -3.26. The number of rotatable bonds is 7. The molecule has 3 rings (SSSR count). The van der Waals surface area contributed by atoms with Crippen LogP contribution >= 0.6 is 0 Å². The second-order valence-corrected chi connectivity index (χ2v) is 9.39. The van der Waals surface area contributed by atoms with E-state index in [4.69, 9.17) is 0 Å². The minimum Gasteiger partial charge on any atom is -0.320 e. The number of carbonyl (C=O) groups excluding carboxylic acids is 1. The predicted molar refractivity (Wildman–Crippen MR) is 120 cm³/mol. The van der Waals surface area contributed by atoms with Gasteiger partial charge in [0.25, 0.3) is 0 Å². The highest BCUT2D eigenvalue weighted by Gasteiger charge is 2.17. The van der Waals surface area contributed by atoms with Crippen molar-refractivity contribution in [1.82, 2.24) is 9.88 Å². The normalized spacial score (nSPS) is 11.2. The van der Waals surface area contributed by atoms with Gasteiger partial charge < -0.3 is 10.2 Å². The van der Waals surface area contributed by atoms with Crippen LogP contribution in [-0.4, -0.2) is 37.1 Å². The number of benzene rings is 2. The Morgan fingerprint density at radius 1 is 1.06 bits per heavy atom. The third-order valence-corrected chi connectivity index (χ3v) is 5.54. The number of urea groups is 1. The smallest absolute Gasteiger partial charge is 0.320 e. The molecule has 1 aromatic heterocycles. The fourth-order valence-electron chi connectivity index (χ4n) is 3.22. The summed E-state index contributed by atoms with van der Waals surface area (Å²) >= 11 is 0. The van der Waals surface area contributed by atoms with E-state index in [1.165, 1.54) is 12.1 Å². The van der Waals surface area contributed by atoms with E-state index in [2.05, 4.69) is 10.3 Å². The van der Waals surface area contributed by atoms with E-state index in [1.54, 1.807) is 17.3 Å². The van der Waals surface area contributed by atoms with Crippen LogP contribution in [0, 0.1) is 5.82 Å². The number of halogens is 1. The second-order valence-electron chi connectivity index (χ2n) is 7.25. The lowest BCUT2D eigenvalue weighted by molar-refractivity contribution is 0.212. The van der Waals surface area contributed by atoms with Gasteiger partial charge in [-0.3, -0.25) is 4.98 Å². The van der Waals surface area contributed by atoms with Crippen LogP contribution in [0.5, 0.6) is 0 Å². The number of amides is 2. The van der Waals surface area contributed by atoms with Gasteiger partial charge >= 0.3 is 6.03 Å². The first-order valence-corrected chi connectivity index (χ1v) is 11.8. The largest absolute Gasteiger partial charge is 0.322 e. The van der Waals surface area contributed by atoms with Crippen molar-refractivity contribution in [2.24, 2.45) is 0 Å². The lowest BCUT2D eigenvalue weighted by atomic mass is 10.0. The molecule has 0 bridgehead atoms.